The number of nitrogens with one attached hydrogen (secondary N) is 1. The van der Waals surface area contributed by atoms with Gasteiger partial charge in [-0.1, -0.05) is 43.1 Å². The van der Waals surface area contributed by atoms with Gasteiger partial charge in [0.05, 0.1) is 17.6 Å². The lowest BCUT2D eigenvalue weighted by Gasteiger charge is -2.26. The van der Waals surface area contributed by atoms with Gasteiger partial charge >= 0.3 is 6.09 Å². The molecule has 1 unspecified atom stereocenters. The second kappa shape index (κ2) is 7.69. The van der Waals surface area contributed by atoms with Gasteiger partial charge in [0.1, 0.15) is 5.60 Å². The van der Waals surface area contributed by atoms with Crippen LogP contribution >= 0.6 is 11.6 Å². The monoisotopic (exact) mass is 398 g/mol. The van der Waals surface area contributed by atoms with Gasteiger partial charge in [0.15, 0.2) is 5.82 Å². The van der Waals surface area contributed by atoms with Gasteiger partial charge in [-0.2, -0.15) is 9.94 Å². The van der Waals surface area contributed by atoms with E-state index in [2.05, 4.69) is 16.5 Å². The summed E-state index contributed by atoms with van der Waals surface area (Å²) in [6, 6.07) is 9.76. The van der Waals surface area contributed by atoms with E-state index in [1.54, 1.807) is 33.0 Å². The highest BCUT2D eigenvalue weighted by molar-refractivity contribution is 6.31. The van der Waals surface area contributed by atoms with Crippen molar-refractivity contribution >= 4 is 23.5 Å². The Balaban J connectivity index is 2.13. The first-order valence-corrected chi connectivity index (χ1v) is 9.60. The number of nitrogens with zero attached hydrogens (tertiary/aromatic N) is 3. The quantitative estimate of drug-likeness (QED) is 0.742. The molecule has 0 radical (unpaired) electrons. The summed E-state index contributed by atoms with van der Waals surface area (Å²) < 4.78 is 6.60. The highest BCUT2D eigenvalue weighted by atomic mass is 35.5. The summed E-state index contributed by atoms with van der Waals surface area (Å²) in [6.07, 6.45) is 2.61. The summed E-state index contributed by atoms with van der Waals surface area (Å²) in [5.41, 5.74) is 2.28. The van der Waals surface area contributed by atoms with E-state index in [9.17, 15) is 10.1 Å². The van der Waals surface area contributed by atoms with Gasteiger partial charge in [-0.15, -0.1) is 5.10 Å². The summed E-state index contributed by atoms with van der Waals surface area (Å²) in [4.78, 5) is 12.5. The molecule has 0 spiro atoms. The maximum atomic E-state index is 12.5. The number of halogens is 1. The molecule has 0 fully saturated rings. The fourth-order valence-corrected chi connectivity index (χ4v) is 3.49. The molecule has 1 atom stereocenters. The summed E-state index contributed by atoms with van der Waals surface area (Å²) in [5.74, 6) is 0.144. The van der Waals surface area contributed by atoms with Crippen LogP contribution in [0.15, 0.2) is 41.7 Å². The highest BCUT2D eigenvalue weighted by Gasteiger charge is 2.34. The first kappa shape index (κ1) is 20.0. The lowest BCUT2D eigenvalue weighted by Crippen LogP contribution is -2.27. The Morgan fingerprint density at radius 1 is 1.36 bits per heavy atom. The second-order valence-corrected chi connectivity index (χ2v) is 8.10. The molecule has 2 heterocycles. The Morgan fingerprint density at radius 2 is 2.07 bits per heavy atom. The Morgan fingerprint density at radius 3 is 2.68 bits per heavy atom. The molecule has 0 amide bonds. The predicted octanol–water partition coefficient (Wildman–Crippen LogP) is 5.45. The van der Waals surface area contributed by atoms with Crippen LogP contribution in [-0.2, 0) is 4.74 Å². The van der Waals surface area contributed by atoms with Crippen LogP contribution in [0.5, 0.6) is 0 Å². The van der Waals surface area contributed by atoms with Crippen molar-refractivity contribution in [2.24, 2.45) is 0 Å². The lowest BCUT2D eigenvalue weighted by molar-refractivity contribution is 0.0515. The standard InChI is InChI=1S/C21H23ClN4O2/c1-5-8-17-14(11-23)18(13-9-6-7-10-16(13)22)15-12-26(25-19(15)24-17)20(27)28-21(2,3)4/h6-7,9-10,12,18H,5,8H2,1-4H3,(H,24,25). The van der Waals surface area contributed by atoms with Crippen LogP contribution in [0, 0.1) is 11.3 Å². The molecule has 0 saturated heterocycles. The first-order chi connectivity index (χ1) is 13.2. The number of hydrogen-bond donors (Lipinski definition) is 1. The molecule has 1 aromatic carbocycles. The molecule has 1 N–H and O–H groups in total. The van der Waals surface area contributed by atoms with E-state index in [-0.39, 0.29) is 0 Å². The maximum Gasteiger partial charge on any atom is 0.435 e. The Hall–Kier alpha value is -2.78. The highest BCUT2D eigenvalue weighted by Crippen LogP contribution is 2.43. The molecule has 1 aromatic heterocycles. The van der Waals surface area contributed by atoms with Gasteiger partial charge in [-0.25, -0.2) is 4.79 Å². The van der Waals surface area contributed by atoms with Gasteiger partial charge in [-0.3, -0.25) is 0 Å². The zero-order valence-electron chi connectivity index (χ0n) is 16.4. The third kappa shape index (κ3) is 3.90. The van der Waals surface area contributed by atoms with E-state index in [1.807, 2.05) is 25.1 Å². The van der Waals surface area contributed by atoms with Crippen molar-refractivity contribution in [3.05, 3.63) is 57.9 Å². The number of carbonyl (C=O) groups excluding carboxylic acids is 1. The van der Waals surface area contributed by atoms with E-state index in [1.165, 1.54) is 4.68 Å². The predicted molar refractivity (Wildman–Crippen MR) is 108 cm³/mol. The molecule has 0 saturated carbocycles. The largest absolute Gasteiger partial charge is 0.442 e. The van der Waals surface area contributed by atoms with Crippen molar-refractivity contribution in [2.75, 3.05) is 5.32 Å². The molecule has 28 heavy (non-hydrogen) atoms. The SMILES string of the molecule is CCCC1=C(C#N)C(c2ccccc2Cl)c2cn(C(=O)OC(C)(C)C)nc2N1. The van der Waals surface area contributed by atoms with Crippen LogP contribution in [0.4, 0.5) is 10.6 Å². The van der Waals surface area contributed by atoms with Crippen LogP contribution in [0.3, 0.4) is 0 Å². The van der Waals surface area contributed by atoms with Crippen LogP contribution in [0.25, 0.3) is 0 Å². The minimum atomic E-state index is -0.636. The van der Waals surface area contributed by atoms with Crippen molar-refractivity contribution in [1.29, 1.82) is 5.26 Å². The molecule has 1 aliphatic rings. The zero-order valence-corrected chi connectivity index (χ0v) is 17.2. The van der Waals surface area contributed by atoms with E-state index >= 15 is 0 Å². The van der Waals surface area contributed by atoms with Crippen molar-refractivity contribution in [3.8, 4) is 6.07 Å². The fourth-order valence-electron chi connectivity index (χ4n) is 3.25. The van der Waals surface area contributed by atoms with Crippen molar-refractivity contribution in [1.82, 2.24) is 9.78 Å². The van der Waals surface area contributed by atoms with Gasteiger partial charge in [0, 0.05) is 22.5 Å². The second-order valence-electron chi connectivity index (χ2n) is 7.69. The molecule has 0 bridgehead atoms. The van der Waals surface area contributed by atoms with Crippen LogP contribution < -0.4 is 5.32 Å². The normalized spacial score (nSPS) is 16.2. The smallest absolute Gasteiger partial charge is 0.435 e. The van der Waals surface area contributed by atoms with Gasteiger partial charge in [-0.05, 0) is 38.8 Å². The number of hydrogen-bond acceptors (Lipinski definition) is 5. The number of carbonyl (C=O) groups is 1. The van der Waals surface area contributed by atoms with E-state index < -0.39 is 17.6 Å². The number of ether oxygens (including phenoxy) is 1. The average molecular weight is 399 g/mol. The zero-order chi connectivity index (χ0) is 20.5. The molecule has 3 rings (SSSR count). The van der Waals surface area contributed by atoms with Gasteiger partial charge in [0.2, 0.25) is 0 Å². The van der Waals surface area contributed by atoms with Crippen molar-refractivity contribution in [2.45, 2.75) is 52.1 Å². The summed E-state index contributed by atoms with van der Waals surface area (Å²) in [7, 11) is 0. The third-order valence-corrected chi connectivity index (χ3v) is 4.70. The number of anilines is 1. The summed E-state index contributed by atoms with van der Waals surface area (Å²) in [6.45, 7) is 7.44. The fraction of sp³-hybridized carbons (Fsp3) is 0.381. The number of benzene rings is 1. The molecule has 6 nitrogen and oxygen atoms in total. The van der Waals surface area contributed by atoms with Crippen LogP contribution in [0.2, 0.25) is 5.02 Å². The first-order valence-electron chi connectivity index (χ1n) is 9.22. The van der Waals surface area contributed by atoms with E-state index in [0.717, 1.165) is 23.2 Å². The Bertz CT molecular complexity index is 979. The topological polar surface area (TPSA) is 79.9 Å². The molecule has 1 aliphatic heterocycles. The Kier molecular flexibility index (Phi) is 5.48. The van der Waals surface area contributed by atoms with Gasteiger partial charge < -0.3 is 10.1 Å². The van der Waals surface area contributed by atoms with Crippen LogP contribution in [0.1, 0.15) is 57.6 Å². The molecular weight excluding hydrogens is 376 g/mol. The van der Waals surface area contributed by atoms with Crippen molar-refractivity contribution < 1.29 is 9.53 Å². The van der Waals surface area contributed by atoms with Crippen molar-refractivity contribution in [3.63, 3.8) is 0 Å². The minimum Gasteiger partial charge on any atom is -0.442 e. The summed E-state index contributed by atoms with van der Waals surface area (Å²) in [5, 5.41) is 18.1. The minimum absolute atomic E-state index is 0.396. The van der Waals surface area contributed by atoms with E-state index in [0.29, 0.717) is 22.8 Å². The number of rotatable bonds is 3. The number of fused-ring (bicyclic) bond motifs is 1. The number of aromatic nitrogens is 2. The third-order valence-electron chi connectivity index (χ3n) is 4.35. The molecule has 0 aliphatic carbocycles. The van der Waals surface area contributed by atoms with Crippen LogP contribution in [-0.4, -0.2) is 21.5 Å². The van der Waals surface area contributed by atoms with E-state index in [4.69, 9.17) is 16.3 Å². The molecule has 7 heteroatoms. The Labute approximate surface area is 169 Å². The number of allylic oxidation sites excluding steroid dienone is 2. The summed E-state index contributed by atoms with van der Waals surface area (Å²) >= 11 is 6.46. The van der Waals surface area contributed by atoms with Gasteiger partial charge in [0.25, 0.3) is 0 Å². The lowest BCUT2D eigenvalue weighted by atomic mass is 9.82. The number of nitriles is 1. The average Bonchev–Trinajstić information content (AvgIpc) is 3.04. The molecular formula is C21H23ClN4O2. The molecule has 146 valence electrons. The maximum absolute atomic E-state index is 12.5. The molecule has 2 aromatic rings.